The van der Waals surface area contributed by atoms with Gasteiger partial charge in [0.1, 0.15) is 11.5 Å². The fraction of sp³-hybridized carbons (Fsp3) is 0. The van der Waals surface area contributed by atoms with Crippen molar-refractivity contribution in [1.82, 2.24) is 0 Å². The van der Waals surface area contributed by atoms with E-state index in [9.17, 15) is 0 Å². The topological polar surface area (TPSA) is 61.3 Å². The molecule has 0 heterocycles. The fourth-order valence-corrected chi connectivity index (χ4v) is 1.46. The first-order chi connectivity index (χ1) is 8.19. The third-order valence-electron chi connectivity index (χ3n) is 2.38. The maximum Gasteiger partial charge on any atom is 0.150 e. The summed E-state index contributed by atoms with van der Waals surface area (Å²) in [5.74, 6) is 1.33. The Kier molecular flexibility index (Phi) is 3.01. The Morgan fingerprint density at radius 1 is 1.00 bits per heavy atom. The monoisotopic (exact) mass is 226 g/mol. The van der Waals surface area contributed by atoms with E-state index in [1.807, 2.05) is 24.3 Å². The molecule has 0 saturated heterocycles. The number of anilines is 2. The number of hydrogen-bond acceptors (Lipinski definition) is 3. The Morgan fingerprint density at radius 3 is 2.29 bits per heavy atom. The maximum absolute atomic E-state index is 5.80. The van der Waals surface area contributed by atoms with Crippen molar-refractivity contribution in [3.8, 4) is 11.5 Å². The first-order valence-corrected chi connectivity index (χ1v) is 5.24. The van der Waals surface area contributed by atoms with E-state index in [0.717, 1.165) is 11.3 Å². The van der Waals surface area contributed by atoms with E-state index < -0.39 is 0 Å². The first kappa shape index (κ1) is 11.1. The Bertz CT molecular complexity index is 532. The van der Waals surface area contributed by atoms with E-state index in [2.05, 4.69) is 6.58 Å². The summed E-state index contributed by atoms with van der Waals surface area (Å²) in [6, 6.07) is 12.8. The third kappa shape index (κ3) is 2.58. The van der Waals surface area contributed by atoms with Crippen molar-refractivity contribution in [2.75, 3.05) is 11.5 Å². The molecule has 0 aliphatic heterocycles. The summed E-state index contributed by atoms with van der Waals surface area (Å²) in [5, 5.41) is 0. The van der Waals surface area contributed by atoms with E-state index >= 15 is 0 Å². The highest BCUT2D eigenvalue weighted by atomic mass is 16.5. The lowest BCUT2D eigenvalue weighted by Gasteiger charge is -2.09. The Morgan fingerprint density at radius 2 is 1.71 bits per heavy atom. The number of rotatable bonds is 3. The molecule has 0 bridgehead atoms. The second-order valence-corrected chi connectivity index (χ2v) is 3.67. The van der Waals surface area contributed by atoms with E-state index in [0.29, 0.717) is 17.1 Å². The highest BCUT2D eigenvalue weighted by Crippen LogP contribution is 2.29. The van der Waals surface area contributed by atoms with Gasteiger partial charge < -0.3 is 16.2 Å². The predicted molar refractivity (Wildman–Crippen MR) is 71.9 cm³/mol. The van der Waals surface area contributed by atoms with Crippen LogP contribution in [-0.2, 0) is 0 Å². The number of benzene rings is 2. The normalized spacial score (nSPS) is 9.88. The van der Waals surface area contributed by atoms with Gasteiger partial charge in [0.25, 0.3) is 0 Å². The van der Waals surface area contributed by atoms with Crippen molar-refractivity contribution in [3.05, 3.63) is 54.6 Å². The molecule has 2 aromatic rings. The molecule has 0 aliphatic rings. The zero-order valence-electron chi connectivity index (χ0n) is 9.39. The molecule has 0 atom stereocenters. The molecule has 2 rings (SSSR count). The van der Waals surface area contributed by atoms with Crippen molar-refractivity contribution in [2.45, 2.75) is 0 Å². The summed E-state index contributed by atoms with van der Waals surface area (Å²) in [6.45, 7) is 3.69. The highest BCUT2D eigenvalue weighted by Gasteiger charge is 2.02. The molecule has 0 saturated carbocycles. The first-order valence-electron chi connectivity index (χ1n) is 5.24. The van der Waals surface area contributed by atoms with Gasteiger partial charge in [-0.2, -0.15) is 0 Å². The van der Waals surface area contributed by atoms with Crippen LogP contribution in [0.15, 0.2) is 49.0 Å². The van der Waals surface area contributed by atoms with Crippen LogP contribution >= 0.6 is 0 Å². The Balaban J connectivity index is 2.22. The SMILES string of the molecule is C=Cc1ccc(Oc2ccc(N)cc2N)cc1. The van der Waals surface area contributed by atoms with Gasteiger partial charge in [0.15, 0.2) is 0 Å². The second kappa shape index (κ2) is 4.61. The van der Waals surface area contributed by atoms with Gasteiger partial charge in [0.2, 0.25) is 0 Å². The predicted octanol–water partition coefficient (Wildman–Crippen LogP) is 3.29. The van der Waals surface area contributed by atoms with E-state index in [-0.39, 0.29) is 0 Å². The van der Waals surface area contributed by atoms with E-state index in [1.165, 1.54) is 0 Å². The van der Waals surface area contributed by atoms with Gasteiger partial charge in [0.05, 0.1) is 5.69 Å². The molecule has 4 N–H and O–H groups in total. The number of hydrogen-bond donors (Lipinski definition) is 2. The van der Waals surface area contributed by atoms with Gasteiger partial charge in [-0.05, 0) is 35.9 Å². The van der Waals surface area contributed by atoms with Crippen LogP contribution in [0, 0.1) is 0 Å². The molecule has 3 heteroatoms. The van der Waals surface area contributed by atoms with Crippen molar-refractivity contribution in [3.63, 3.8) is 0 Å². The van der Waals surface area contributed by atoms with Gasteiger partial charge in [-0.25, -0.2) is 0 Å². The highest BCUT2D eigenvalue weighted by molar-refractivity contribution is 5.61. The second-order valence-electron chi connectivity index (χ2n) is 3.67. The van der Waals surface area contributed by atoms with Crippen LogP contribution in [0.25, 0.3) is 6.08 Å². The lowest BCUT2D eigenvalue weighted by molar-refractivity contribution is 0.485. The van der Waals surface area contributed by atoms with Crippen LogP contribution in [0.3, 0.4) is 0 Å². The molecule has 2 aromatic carbocycles. The zero-order chi connectivity index (χ0) is 12.3. The van der Waals surface area contributed by atoms with Crippen molar-refractivity contribution < 1.29 is 4.74 Å². The van der Waals surface area contributed by atoms with Crippen LogP contribution in [0.1, 0.15) is 5.56 Å². The number of ether oxygens (including phenoxy) is 1. The quantitative estimate of drug-likeness (QED) is 0.789. The smallest absolute Gasteiger partial charge is 0.150 e. The molecule has 0 unspecified atom stereocenters. The van der Waals surface area contributed by atoms with Crippen molar-refractivity contribution >= 4 is 17.5 Å². The van der Waals surface area contributed by atoms with Gasteiger partial charge in [-0.15, -0.1) is 0 Å². The summed E-state index contributed by atoms with van der Waals surface area (Å²) in [6.07, 6.45) is 1.78. The van der Waals surface area contributed by atoms with Crippen LogP contribution in [0.5, 0.6) is 11.5 Å². The Hall–Kier alpha value is -2.42. The van der Waals surface area contributed by atoms with Gasteiger partial charge in [-0.3, -0.25) is 0 Å². The minimum absolute atomic E-state index is 0.526. The van der Waals surface area contributed by atoms with E-state index in [1.54, 1.807) is 24.3 Å². The minimum Gasteiger partial charge on any atom is -0.455 e. The molecular formula is C14H14N2O. The average molecular weight is 226 g/mol. The van der Waals surface area contributed by atoms with Gasteiger partial charge in [0, 0.05) is 5.69 Å². The lowest BCUT2D eigenvalue weighted by atomic mass is 10.2. The standard InChI is InChI=1S/C14H14N2O/c1-2-10-3-6-12(7-4-10)17-14-8-5-11(15)9-13(14)16/h2-9H,1,15-16H2. The van der Waals surface area contributed by atoms with E-state index in [4.69, 9.17) is 16.2 Å². The molecular weight excluding hydrogens is 212 g/mol. The molecule has 0 radical (unpaired) electrons. The molecule has 0 amide bonds. The maximum atomic E-state index is 5.80. The Labute approximate surface area is 100 Å². The largest absolute Gasteiger partial charge is 0.455 e. The molecule has 86 valence electrons. The van der Waals surface area contributed by atoms with Crippen molar-refractivity contribution in [2.24, 2.45) is 0 Å². The van der Waals surface area contributed by atoms with Crippen LogP contribution in [0.4, 0.5) is 11.4 Å². The molecule has 0 aromatic heterocycles. The summed E-state index contributed by atoms with van der Waals surface area (Å²) >= 11 is 0. The molecule has 3 nitrogen and oxygen atoms in total. The zero-order valence-corrected chi connectivity index (χ0v) is 9.39. The molecule has 17 heavy (non-hydrogen) atoms. The summed E-state index contributed by atoms with van der Waals surface area (Å²) in [7, 11) is 0. The number of nitrogens with two attached hydrogens (primary N) is 2. The van der Waals surface area contributed by atoms with Crippen molar-refractivity contribution in [1.29, 1.82) is 0 Å². The molecule has 0 fully saturated rings. The lowest BCUT2D eigenvalue weighted by Crippen LogP contribution is -1.94. The summed E-state index contributed by atoms with van der Waals surface area (Å²) in [4.78, 5) is 0. The number of nitrogen functional groups attached to an aromatic ring is 2. The fourth-order valence-electron chi connectivity index (χ4n) is 1.46. The molecule has 0 aliphatic carbocycles. The summed E-state index contributed by atoms with van der Waals surface area (Å²) in [5.41, 5.74) is 13.6. The third-order valence-corrected chi connectivity index (χ3v) is 2.38. The van der Waals surface area contributed by atoms with Crippen LogP contribution in [0.2, 0.25) is 0 Å². The van der Waals surface area contributed by atoms with Crippen LogP contribution < -0.4 is 16.2 Å². The van der Waals surface area contributed by atoms with Gasteiger partial charge in [-0.1, -0.05) is 24.8 Å². The summed E-state index contributed by atoms with van der Waals surface area (Å²) < 4.78 is 5.65. The van der Waals surface area contributed by atoms with Crippen LogP contribution in [-0.4, -0.2) is 0 Å². The average Bonchev–Trinajstić information content (AvgIpc) is 2.34. The molecule has 0 spiro atoms. The minimum atomic E-state index is 0.526. The van der Waals surface area contributed by atoms with Gasteiger partial charge >= 0.3 is 0 Å².